The van der Waals surface area contributed by atoms with Gasteiger partial charge in [0.15, 0.2) is 5.82 Å². The molecule has 1 saturated carbocycles. The Morgan fingerprint density at radius 2 is 1.90 bits per heavy atom. The lowest BCUT2D eigenvalue weighted by molar-refractivity contribution is 0.0892. The fraction of sp³-hybridized carbons (Fsp3) is 0.316. The van der Waals surface area contributed by atoms with Crippen LogP contribution in [0, 0.1) is 6.92 Å². The summed E-state index contributed by atoms with van der Waals surface area (Å²) in [5.41, 5.74) is 0.184. The molecule has 8 nitrogen and oxygen atoms in total. The molecule has 1 aliphatic rings. The second-order valence-electron chi connectivity index (χ2n) is 7.00. The minimum absolute atomic E-state index is 0.234. The topological polar surface area (TPSA) is 114 Å². The van der Waals surface area contributed by atoms with Gasteiger partial charge in [-0.2, -0.15) is 4.98 Å². The summed E-state index contributed by atoms with van der Waals surface area (Å²) in [6.45, 7) is 1.72. The molecule has 2 N–H and O–H groups in total. The van der Waals surface area contributed by atoms with E-state index in [2.05, 4.69) is 20.2 Å². The van der Waals surface area contributed by atoms with Gasteiger partial charge < -0.3 is 9.84 Å². The van der Waals surface area contributed by atoms with E-state index >= 15 is 0 Å². The molecule has 29 heavy (non-hydrogen) atoms. The number of hydrogen-bond donors (Lipinski definition) is 2. The second-order valence-corrected chi connectivity index (χ2v) is 9.85. The Balaban J connectivity index is 1.49. The number of hydrogen-bond acceptors (Lipinski definition) is 7. The maximum atomic E-state index is 12.8. The SMILES string of the molecule is Cc1nc(C2(NC(=O)c3ccc(NS(=O)(=O)c4cccs4)cc3)CCCC2)no1. The van der Waals surface area contributed by atoms with E-state index in [0.717, 1.165) is 37.0 Å². The number of nitrogens with zero attached hydrogens (tertiary/aromatic N) is 2. The Kier molecular flexibility index (Phi) is 5.13. The van der Waals surface area contributed by atoms with Crippen LogP contribution in [-0.2, 0) is 15.6 Å². The molecule has 0 radical (unpaired) electrons. The maximum absolute atomic E-state index is 12.8. The number of thiophene rings is 1. The highest BCUT2D eigenvalue weighted by molar-refractivity contribution is 7.94. The van der Waals surface area contributed by atoms with Gasteiger partial charge in [-0.25, -0.2) is 8.42 Å². The Morgan fingerprint density at radius 3 is 2.48 bits per heavy atom. The third-order valence-electron chi connectivity index (χ3n) is 4.92. The van der Waals surface area contributed by atoms with E-state index in [1.54, 1.807) is 42.6 Å². The van der Waals surface area contributed by atoms with Gasteiger partial charge in [0.2, 0.25) is 5.89 Å². The van der Waals surface area contributed by atoms with Crippen LogP contribution >= 0.6 is 11.3 Å². The van der Waals surface area contributed by atoms with Crippen LogP contribution < -0.4 is 10.0 Å². The zero-order valence-electron chi connectivity index (χ0n) is 15.7. The lowest BCUT2D eigenvalue weighted by Gasteiger charge is -2.26. The summed E-state index contributed by atoms with van der Waals surface area (Å²) in [7, 11) is -3.62. The number of carbonyl (C=O) groups is 1. The van der Waals surface area contributed by atoms with Crippen molar-refractivity contribution < 1.29 is 17.7 Å². The number of rotatable bonds is 6. The zero-order valence-corrected chi connectivity index (χ0v) is 17.3. The molecule has 1 fully saturated rings. The van der Waals surface area contributed by atoms with Crippen LogP contribution in [0.5, 0.6) is 0 Å². The number of amides is 1. The first-order valence-electron chi connectivity index (χ1n) is 9.18. The molecular formula is C19H20N4O4S2. The smallest absolute Gasteiger partial charge is 0.271 e. The molecule has 1 aliphatic carbocycles. The van der Waals surface area contributed by atoms with E-state index < -0.39 is 15.6 Å². The average Bonchev–Trinajstić information content (AvgIpc) is 3.44. The standard InChI is InChI=1S/C19H20N4O4S2/c1-13-20-18(22-27-13)19(10-2-3-11-19)21-17(24)14-6-8-15(9-7-14)23-29(25,26)16-5-4-12-28-16/h4-9,12,23H,2-3,10-11H2,1H3,(H,21,24). The van der Waals surface area contributed by atoms with Crippen molar-refractivity contribution in [1.29, 1.82) is 0 Å². The van der Waals surface area contributed by atoms with E-state index in [1.807, 2.05) is 0 Å². The van der Waals surface area contributed by atoms with E-state index in [-0.39, 0.29) is 10.1 Å². The maximum Gasteiger partial charge on any atom is 0.271 e. The zero-order chi connectivity index (χ0) is 20.5. The number of aromatic nitrogens is 2. The van der Waals surface area contributed by atoms with Gasteiger partial charge in [-0.15, -0.1) is 11.3 Å². The third-order valence-corrected chi connectivity index (χ3v) is 7.70. The van der Waals surface area contributed by atoms with E-state index in [1.165, 1.54) is 6.07 Å². The highest BCUT2D eigenvalue weighted by Crippen LogP contribution is 2.37. The number of nitrogens with one attached hydrogen (secondary N) is 2. The van der Waals surface area contributed by atoms with Crippen molar-refractivity contribution in [2.45, 2.75) is 42.4 Å². The van der Waals surface area contributed by atoms with Crippen LogP contribution in [-0.4, -0.2) is 24.5 Å². The monoisotopic (exact) mass is 432 g/mol. The van der Waals surface area contributed by atoms with Crippen LogP contribution in [0.2, 0.25) is 0 Å². The molecule has 0 aliphatic heterocycles. The number of aryl methyl sites for hydroxylation is 1. The van der Waals surface area contributed by atoms with Gasteiger partial charge in [-0.1, -0.05) is 24.1 Å². The largest absolute Gasteiger partial charge is 0.340 e. The Labute approximate surface area is 172 Å². The quantitative estimate of drug-likeness (QED) is 0.617. The van der Waals surface area contributed by atoms with Crippen LogP contribution in [0.3, 0.4) is 0 Å². The van der Waals surface area contributed by atoms with Crippen LogP contribution in [0.4, 0.5) is 5.69 Å². The summed E-state index contributed by atoms with van der Waals surface area (Å²) in [5.74, 6) is 0.700. The van der Waals surface area contributed by atoms with Crippen molar-refractivity contribution in [1.82, 2.24) is 15.5 Å². The molecule has 2 aromatic heterocycles. The van der Waals surface area contributed by atoms with Crippen LogP contribution in [0.25, 0.3) is 0 Å². The lowest BCUT2D eigenvalue weighted by atomic mass is 9.96. The molecule has 0 spiro atoms. The molecule has 0 atom stereocenters. The van der Waals surface area contributed by atoms with Crippen LogP contribution in [0.15, 0.2) is 50.5 Å². The highest BCUT2D eigenvalue weighted by Gasteiger charge is 2.41. The van der Waals surface area contributed by atoms with Crippen molar-refractivity contribution in [3.05, 3.63) is 59.1 Å². The first-order chi connectivity index (χ1) is 13.9. The number of carbonyl (C=O) groups excluding carboxylic acids is 1. The minimum Gasteiger partial charge on any atom is -0.340 e. The molecule has 0 bridgehead atoms. The van der Waals surface area contributed by atoms with Gasteiger partial charge in [0.1, 0.15) is 9.75 Å². The summed E-state index contributed by atoms with van der Waals surface area (Å²) < 4.78 is 32.5. The number of anilines is 1. The number of sulfonamides is 1. The first kappa shape index (κ1) is 19.6. The molecule has 2 heterocycles. The second kappa shape index (κ2) is 7.60. The Morgan fingerprint density at radius 1 is 1.17 bits per heavy atom. The third kappa shape index (κ3) is 4.03. The molecule has 0 saturated heterocycles. The van der Waals surface area contributed by atoms with Crippen molar-refractivity contribution in [2.75, 3.05) is 4.72 Å². The lowest BCUT2D eigenvalue weighted by Crippen LogP contribution is -2.44. The number of benzene rings is 1. The summed E-state index contributed by atoms with van der Waals surface area (Å²) in [4.78, 5) is 17.2. The summed E-state index contributed by atoms with van der Waals surface area (Å²) in [5, 5.41) is 8.79. The van der Waals surface area contributed by atoms with Gasteiger partial charge >= 0.3 is 0 Å². The normalized spacial score (nSPS) is 15.9. The molecule has 0 unspecified atom stereocenters. The first-order valence-corrected chi connectivity index (χ1v) is 11.5. The molecule has 1 aromatic carbocycles. The summed E-state index contributed by atoms with van der Waals surface area (Å²) >= 11 is 1.14. The Bertz CT molecular complexity index is 1100. The average molecular weight is 433 g/mol. The molecular weight excluding hydrogens is 412 g/mol. The van der Waals surface area contributed by atoms with Crippen LogP contribution in [0.1, 0.15) is 47.8 Å². The fourth-order valence-corrected chi connectivity index (χ4v) is 5.53. The Hall–Kier alpha value is -2.72. The molecule has 152 valence electrons. The molecule has 10 heteroatoms. The van der Waals surface area contributed by atoms with E-state index in [9.17, 15) is 13.2 Å². The predicted octanol–water partition coefficient (Wildman–Crippen LogP) is 3.44. The van der Waals surface area contributed by atoms with Crippen molar-refractivity contribution in [3.8, 4) is 0 Å². The summed E-state index contributed by atoms with van der Waals surface area (Å²) in [6.07, 6.45) is 3.43. The summed E-state index contributed by atoms with van der Waals surface area (Å²) in [6, 6.07) is 9.53. The van der Waals surface area contributed by atoms with Crippen molar-refractivity contribution >= 4 is 33.0 Å². The van der Waals surface area contributed by atoms with E-state index in [0.29, 0.717) is 23.0 Å². The van der Waals surface area contributed by atoms with Gasteiger partial charge in [-0.05, 0) is 48.6 Å². The fourth-order valence-electron chi connectivity index (χ4n) is 3.48. The van der Waals surface area contributed by atoms with Crippen molar-refractivity contribution in [3.63, 3.8) is 0 Å². The highest BCUT2D eigenvalue weighted by atomic mass is 32.2. The molecule has 4 rings (SSSR count). The van der Waals surface area contributed by atoms with Crippen molar-refractivity contribution in [2.24, 2.45) is 0 Å². The molecule has 3 aromatic rings. The van der Waals surface area contributed by atoms with Gasteiger partial charge in [0, 0.05) is 18.2 Å². The minimum atomic E-state index is -3.62. The van der Waals surface area contributed by atoms with Gasteiger partial charge in [0.25, 0.3) is 15.9 Å². The van der Waals surface area contributed by atoms with Gasteiger partial charge in [-0.3, -0.25) is 9.52 Å². The predicted molar refractivity (Wildman–Crippen MR) is 108 cm³/mol. The van der Waals surface area contributed by atoms with Gasteiger partial charge in [0.05, 0.1) is 0 Å². The molecule has 1 amide bonds. The van der Waals surface area contributed by atoms with E-state index in [4.69, 9.17) is 4.52 Å².